The summed E-state index contributed by atoms with van der Waals surface area (Å²) in [5, 5.41) is 0. The van der Waals surface area contributed by atoms with E-state index in [0.29, 0.717) is 6.04 Å². The summed E-state index contributed by atoms with van der Waals surface area (Å²) < 4.78 is 1.01. The molecule has 3 heteroatoms. The minimum absolute atomic E-state index is 0.0192. The third-order valence-electron chi connectivity index (χ3n) is 4.11. The molecule has 0 radical (unpaired) electrons. The van der Waals surface area contributed by atoms with Gasteiger partial charge in [-0.15, -0.1) is 0 Å². The third kappa shape index (κ3) is 3.67. The van der Waals surface area contributed by atoms with E-state index in [1.165, 1.54) is 25.7 Å². The summed E-state index contributed by atoms with van der Waals surface area (Å²) in [6, 6.07) is 8.18. The van der Waals surface area contributed by atoms with Crippen LogP contribution in [0, 0.1) is 0 Å². The first-order chi connectivity index (χ1) is 9.09. The van der Waals surface area contributed by atoms with Crippen LogP contribution in [0.5, 0.6) is 0 Å². The van der Waals surface area contributed by atoms with E-state index in [9.17, 15) is 4.79 Å². The number of carbonyl (C=O) groups excluding carboxylic acids is 1. The zero-order valence-corrected chi connectivity index (χ0v) is 13.3. The lowest BCUT2D eigenvalue weighted by atomic mass is 10.0. The SMILES string of the molecule is CC1CCCCCN1C(C)C(=O)c1ccc(Br)cc1. The van der Waals surface area contributed by atoms with E-state index in [1.807, 2.05) is 31.2 Å². The second-order valence-corrected chi connectivity index (χ2v) is 6.40. The minimum Gasteiger partial charge on any atom is -0.292 e. The van der Waals surface area contributed by atoms with Crippen molar-refractivity contribution in [2.45, 2.75) is 51.6 Å². The van der Waals surface area contributed by atoms with Crippen molar-refractivity contribution in [3.63, 3.8) is 0 Å². The Bertz CT molecular complexity index is 429. The Labute approximate surface area is 124 Å². The third-order valence-corrected chi connectivity index (χ3v) is 4.64. The highest BCUT2D eigenvalue weighted by Crippen LogP contribution is 2.21. The van der Waals surface area contributed by atoms with Crippen molar-refractivity contribution in [1.29, 1.82) is 0 Å². The summed E-state index contributed by atoms with van der Waals surface area (Å²) in [7, 11) is 0. The van der Waals surface area contributed by atoms with E-state index in [0.717, 1.165) is 16.6 Å². The fourth-order valence-corrected chi connectivity index (χ4v) is 3.14. The normalized spacial score (nSPS) is 22.8. The van der Waals surface area contributed by atoms with E-state index in [-0.39, 0.29) is 11.8 Å². The van der Waals surface area contributed by atoms with E-state index in [2.05, 4.69) is 27.8 Å². The first-order valence-electron chi connectivity index (χ1n) is 7.15. The summed E-state index contributed by atoms with van der Waals surface area (Å²) in [6.07, 6.45) is 5.00. The highest BCUT2D eigenvalue weighted by Gasteiger charge is 2.27. The molecule has 0 N–H and O–H groups in total. The Morgan fingerprint density at radius 3 is 2.63 bits per heavy atom. The maximum atomic E-state index is 12.6. The monoisotopic (exact) mass is 323 g/mol. The van der Waals surface area contributed by atoms with Crippen LogP contribution >= 0.6 is 15.9 Å². The number of nitrogens with zero attached hydrogens (tertiary/aromatic N) is 1. The van der Waals surface area contributed by atoms with Gasteiger partial charge in [0.15, 0.2) is 5.78 Å². The lowest BCUT2D eigenvalue weighted by molar-refractivity contribution is 0.0780. The summed E-state index contributed by atoms with van der Waals surface area (Å²) in [4.78, 5) is 14.9. The lowest BCUT2D eigenvalue weighted by Gasteiger charge is -2.32. The van der Waals surface area contributed by atoms with Gasteiger partial charge in [0.05, 0.1) is 6.04 Å². The number of carbonyl (C=O) groups is 1. The van der Waals surface area contributed by atoms with Crippen LogP contribution in [0.4, 0.5) is 0 Å². The van der Waals surface area contributed by atoms with Crippen molar-refractivity contribution in [1.82, 2.24) is 4.90 Å². The molecule has 104 valence electrons. The number of hydrogen-bond acceptors (Lipinski definition) is 2. The fourth-order valence-electron chi connectivity index (χ4n) is 2.88. The first kappa shape index (κ1) is 14.7. The second-order valence-electron chi connectivity index (χ2n) is 5.48. The van der Waals surface area contributed by atoms with Gasteiger partial charge in [-0.25, -0.2) is 0 Å². The van der Waals surface area contributed by atoms with Crippen molar-refractivity contribution in [3.05, 3.63) is 34.3 Å². The van der Waals surface area contributed by atoms with Gasteiger partial charge in [-0.2, -0.15) is 0 Å². The van der Waals surface area contributed by atoms with Gasteiger partial charge in [-0.1, -0.05) is 40.9 Å². The van der Waals surface area contributed by atoms with E-state index in [1.54, 1.807) is 0 Å². The van der Waals surface area contributed by atoms with Crippen molar-refractivity contribution >= 4 is 21.7 Å². The Kier molecular flexibility index (Phi) is 5.17. The molecule has 1 aromatic rings. The first-order valence-corrected chi connectivity index (χ1v) is 7.94. The number of likely N-dealkylation sites (tertiary alicyclic amines) is 1. The number of halogens is 1. The molecule has 0 aromatic heterocycles. The molecule has 19 heavy (non-hydrogen) atoms. The molecule has 0 saturated carbocycles. The zero-order valence-electron chi connectivity index (χ0n) is 11.7. The van der Waals surface area contributed by atoms with Crippen LogP contribution in [0.2, 0.25) is 0 Å². The van der Waals surface area contributed by atoms with Gasteiger partial charge in [0.1, 0.15) is 0 Å². The molecule has 0 aliphatic carbocycles. The molecule has 0 amide bonds. The maximum Gasteiger partial charge on any atom is 0.179 e. The molecule has 0 bridgehead atoms. The number of ketones is 1. The van der Waals surface area contributed by atoms with Crippen LogP contribution in [-0.2, 0) is 0 Å². The Morgan fingerprint density at radius 1 is 1.26 bits per heavy atom. The number of hydrogen-bond donors (Lipinski definition) is 0. The van der Waals surface area contributed by atoms with E-state index < -0.39 is 0 Å². The minimum atomic E-state index is -0.0192. The average Bonchev–Trinajstić information content (AvgIpc) is 2.63. The molecule has 1 aromatic carbocycles. The van der Waals surface area contributed by atoms with Gasteiger partial charge in [-0.3, -0.25) is 9.69 Å². The predicted octanol–water partition coefficient (Wildman–Crippen LogP) is 4.28. The van der Waals surface area contributed by atoms with Crippen LogP contribution < -0.4 is 0 Å². The summed E-state index contributed by atoms with van der Waals surface area (Å²) >= 11 is 3.41. The maximum absolute atomic E-state index is 12.6. The zero-order chi connectivity index (χ0) is 13.8. The largest absolute Gasteiger partial charge is 0.292 e. The smallest absolute Gasteiger partial charge is 0.179 e. The highest BCUT2D eigenvalue weighted by molar-refractivity contribution is 9.10. The van der Waals surface area contributed by atoms with Gasteiger partial charge in [0, 0.05) is 16.1 Å². The van der Waals surface area contributed by atoms with Crippen LogP contribution in [-0.4, -0.2) is 29.3 Å². The molecule has 2 nitrogen and oxygen atoms in total. The van der Waals surface area contributed by atoms with Gasteiger partial charge in [0.25, 0.3) is 0 Å². The van der Waals surface area contributed by atoms with Crippen molar-refractivity contribution < 1.29 is 4.79 Å². The molecule has 1 aliphatic rings. The van der Waals surface area contributed by atoms with Gasteiger partial charge in [-0.05, 0) is 45.4 Å². The molecule has 2 rings (SSSR count). The average molecular weight is 324 g/mol. The molecule has 2 atom stereocenters. The molecule has 1 aliphatic heterocycles. The second kappa shape index (κ2) is 6.67. The van der Waals surface area contributed by atoms with Crippen LogP contribution in [0.1, 0.15) is 49.9 Å². The van der Waals surface area contributed by atoms with Crippen molar-refractivity contribution in [2.24, 2.45) is 0 Å². The van der Waals surface area contributed by atoms with Crippen LogP contribution in [0.15, 0.2) is 28.7 Å². The topological polar surface area (TPSA) is 20.3 Å². The molecule has 0 spiro atoms. The van der Waals surface area contributed by atoms with Crippen LogP contribution in [0.25, 0.3) is 0 Å². The number of Topliss-reactive ketones (excluding diaryl/α,β-unsaturated/α-hetero) is 1. The highest BCUT2D eigenvalue weighted by atomic mass is 79.9. The molecule has 1 fully saturated rings. The molecule has 2 unspecified atom stereocenters. The van der Waals surface area contributed by atoms with Crippen molar-refractivity contribution in [2.75, 3.05) is 6.54 Å². The summed E-state index contributed by atoms with van der Waals surface area (Å²) in [5.74, 6) is 0.237. The van der Waals surface area contributed by atoms with Crippen LogP contribution in [0.3, 0.4) is 0 Å². The summed E-state index contributed by atoms with van der Waals surface area (Å²) in [6.45, 7) is 5.34. The molecule has 1 heterocycles. The number of benzene rings is 1. The molecular weight excluding hydrogens is 302 g/mol. The summed E-state index contributed by atoms with van der Waals surface area (Å²) in [5.41, 5.74) is 0.812. The Hall–Kier alpha value is -0.670. The Balaban J connectivity index is 2.11. The van der Waals surface area contributed by atoms with Gasteiger partial charge >= 0.3 is 0 Å². The van der Waals surface area contributed by atoms with Crippen molar-refractivity contribution in [3.8, 4) is 0 Å². The fraction of sp³-hybridized carbons (Fsp3) is 0.562. The molecule has 1 saturated heterocycles. The van der Waals surface area contributed by atoms with E-state index in [4.69, 9.17) is 0 Å². The molecular formula is C16H22BrNO. The standard InChI is InChI=1S/C16H22BrNO/c1-12-6-4-3-5-11-18(12)13(2)16(19)14-7-9-15(17)10-8-14/h7-10,12-13H,3-6,11H2,1-2H3. The Morgan fingerprint density at radius 2 is 1.95 bits per heavy atom. The predicted molar refractivity (Wildman–Crippen MR) is 82.6 cm³/mol. The quantitative estimate of drug-likeness (QED) is 0.773. The van der Waals surface area contributed by atoms with E-state index >= 15 is 0 Å². The number of rotatable bonds is 3. The lowest BCUT2D eigenvalue weighted by Crippen LogP contribution is -2.44. The van der Waals surface area contributed by atoms with Gasteiger partial charge < -0.3 is 0 Å². The van der Waals surface area contributed by atoms with Gasteiger partial charge in [0.2, 0.25) is 0 Å².